The zero-order chi connectivity index (χ0) is 12.4. The largest absolute Gasteiger partial charge is 0.395 e. The van der Waals surface area contributed by atoms with E-state index in [4.69, 9.17) is 0 Å². The maximum atomic E-state index is 2.92. The molecule has 1 saturated heterocycles. The molecular formula is C16H25NSi. The van der Waals surface area contributed by atoms with Crippen molar-refractivity contribution in [3.63, 3.8) is 0 Å². The van der Waals surface area contributed by atoms with Gasteiger partial charge in [0.15, 0.2) is 8.24 Å². The third-order valence-corrected chi connectivity index (χ3v) is 9.63. The molecule has 1 aliphatic carbocycles. The highest BCUT2D eigenvalue weighted by atomic mass is 28.3. The third-order valence-electron chi connectivity index (χ3n) is 4.99. The van der Waals surface area contributed by atoms with Crippen molar-refractivity contribution < 1.29 is 0 Å². The fourth-order valence-electron chi connectivity index (χ4n) is 4.09. The van der Waals surface area contributed by atoms with Crippen LogP contribution in [-0.2, 0) is 0 Å². The van der Waals surface area contributed by atoms with Crippen LogP contribution in [0.25, 0.3) is 0 Å². The van der Waals surface area contributed by atoms with Gasteiger partial charge in [0.1, 0.15) is 0 Å². The Hall–Kier alpha value is -0.763. The maximum Gasteiger partial charge on any atom is 0.153 e. The fraction of sp³-hybridized carbons (Fsp3) is 0.625. The fourth-order valence-corrected chi connectivity index (χ4v) is 8.76. The summed E-state index contributed by atoms with van der Waals surface area (Å²) in [7, 11) is -1.19. The van der Waals surface area contributed by atoms with Crippen molar-refractivity contribution in [2.75, 3.05) is 4.57 Å². The molecule has 0 unspecified atom stereocenters. The SMILES string of the molecule is C[Si]1(N(c2ccccc2)C2CCCC2)CCCC1. The zero-order valence-corrected chi connectivity index (χ0v) is 12.6. The molecule has 0 spiro atoms. The van der Waals surface area contributed by atoms with Crippen LogP contribution in [0.5, 0.6) is 0 Å². The van der Waals surface area contributed by atoms with Gasteiger partial charge in [-0.2, -0.15) is 0 Å². The first-order valence-corrected chi connectivity index (χ1v) is 10.5. The summed E-state index contributed by atoms with van der Waals surface area (Å²) in [6, 6.07) is 15.1. The van der Waals surface area contributed by atoms with Crippen molar-refractivity contribution in [3.8, 4) is 0 Å². The topological polar surface area (TPSA) is 3.24 Å². The Balaban J connectivity index is 1.92. The van der Waals surface area contributed by atoms with Crippen molar-refractivity contribution in [3.05, 3.63) is 30.3 Å². The summed E-state index contributed by atoms with van der Waals surface area (Å²) in [5.74, 6) is 0. The summed E-state index contributed by atoms with van der Waals surface area (Å²) in [5.41, 5.74) is 1.51. The zero-order valence-electron chi connectivity index (χ0n) is 11.6. The van der Waals surface area contributed by atoms with Crippen LogP contribution >= 0.6 is 0 Å². The summed E-state index contributed by atoms with van der Waals surface area (Å²) in [4.78, 5) is 0. The van der Waals surface area contributed by atoms with Crippen molar-refractivity contribution in [1.82, 2.24) is 0 Å². The number of hydrogen-bond donors (Lipinski definition) is 0. The van der Waals surface area contributed by atoms with Gasteiger partial charge < -0.3 is 4.57 Å². The quantitative estimate of drug-likeness (QED) is 0.704. The van der Waals surface area contributed by atoms with Crippen molar-refractivity contribution in [2.45, 2.75) is 63.2 Å². The number of hydrogen-bond acceptors (Lipinski definition) is 1. The van der Waals surface area contributed by atoms with Gasteiger partial charge in [-0.15, -0.1) is 0 Å². The van der Waals surface area contributed by atoms with Crippen LogP contribution in [0.2, 0.25) is 18.6 Å². The predicted molar refractivity (Wildman–Crippen MR) is 81.6 cm³/mol. The van der Waals surface area contributed by atoms with Gasteiger partial charge in [0, 0.05) is 11.7 Å². The minimum atomic E-state index is -1.19. The van der Waals surface area contributed by atoms with E-state index in [1.807, 2.05) is 0 Å². The molecule has 0 atom stereocenters. The van der Waals surface area contributed by atoms with E-state index in [-0.39, 0.29) is 0 Å². The standard InChI is InChI=1S/C16H25NSi/c1-18(13-7-8-14-18)17(16-11-5-6-12-16)15-9-3-2-4-10-15/h2-4,9-10,16H,5-8,11-14H2,1H3. The minimum absolute atomic E-state index is 0.849. The molecule has 2 aliphatic rings. The molecule has 0 bridgehead atoms. The number of rotatable bonds is 3. The first kappa shape index (κ1) is 12.3. The van der Waals surface area contributed by atoms with Gasteiger partial charge in [-0.3, -0.25) is 0 Å². The van der Waals surface area contributed by atoms with Crippen molar-refractivity contribution >= 4 is 13.9 Å². The van der Waals surface area contributed by atoms with Crippen LogP contribution in [0.3, 0.4) is 0 Å². The number of anilines is 1. The Bertz CT molecular complexity index is 377. The lowest BCUT2D eigenvalue weighted by molar-refractivity contribution is 0.688. The Kier molecular flexibility index (Phi) is 3.47. The lowest BCUT2D eigenvalue weighted by atomic mass is 10.2. The van der Waals surface area contributed by atoms with Crippen LogP contribution in [0.4, 0.5) is 5.69 Å². The van der Waals surface area contributed by atoms with E-state index in [1.54, 1.807) is 0 Å². The van der Waals surface area contributed by atoms with Crippen molar-refractivity contribution in [2.24, 2.45) is 0 Å². The average molecular weight is 259 g/mol. The molecule has 1 heterocycles. The van der Waals surface area contributed by atoms with Gasteiger partial charge in [-0.1, -0.05) is 50.4 Å². The van der Waals surface area contributed by atoms with Crippen LogP contribution in [0.15, 0.2) is 30.3 Å². The highest BCUT2D eigenvalue weighted by molar-refractivity contribution is 6.82. The summed E-state index contributed by atoms with van der Waals surface area (Å²) >= 11 is 0. The summed E-state index contributed by atoms with van der Waals surface area (Å²) in [5, 5.41) is 0. The molecule has 0 aromatic heterocycles. The second kappa shape index (κ2) is 5.08. The normalized spacial score (nSPS) is 23.4. The lowest BCUT2D eigenvalue weighted by Gasteiger charge is -2.43. The Morgan fingerprint density at radius 3 is 2.17 bits per heavy atom. The number of benzene rings is 1. The van der Waals surface area contributed by atoms with E-state index in [0.29, 0.717) is 0 Å². The molecule has 1 aromatic carbocycles. The summed E-state index contributed by atoms with van der Waals surface area (Å²) in [6.45, 7) is 2.63. The van der Waals surface area contributed by atoms with Crippen LogP contribution in [0.1, 0.15) is 38.5 Å². The second-order valence-electron chi connectivity index (χ2n) is 6.35. The minimum Gasteiger partial charge on any atom is -0.395 e. The first-order valence-electron chi connectivity index (χ1n) is 7.64. The van der Waals surface area contributed by atoms with E-state index < -0.39 is 8.24 Å². The van der Waals surface area contributed by atoms with E-state index in [9.17, 15) is 0 Å². The molecule has 0 N–H and O–H groups in total. The molecule has 98 valence electrons. The predicted octanol–water partition coefficient (Wildman–Crippen LogP) is 4.80. The average Bonchev–Trinajstić information content (AvgIpc) is 3.04. The van der Waals surface area contributed by atoms with Crippen LogP contribution < -0.4 is 4.57 Å². The van der Waals surface area contributed by atoms with Gasteiger partial charge in [0.05, 0.1) is 0 Å². The Morgan fingerprint density at radius 2 is 1.56 bits per heavy atom. The molecule has 2 heteroatoms. The van der Waals surface area contributed by atoms with Crippen LogP contribution in [-0.4, -0.2) is 14.3 Å². The van der Waals surface area contributed by atoms with Gasteiger partial charge >= 0.3 is 0 Å². The van der Waals surface area contributed by atoms with Gasteiger partial charge in [0.2, 0.25) is 0 Å². The highest BCUT2D eigenvalue weighted by Gasteiger charge is 2.41. The van der Waals surface area contributed by atoms with Gasteiger partial charge in [-0.25, -0.2) is 0 Å². The van der Waals surface area contributed by atoms with Gasteiger partial charge in [-0.05, 0) is 37.1 Å². The smallest absolute Gasteiger partial charge is 0.153 e. The lowest BCUT2D eigenvalue weighted by Crippen LogP contribution is -2.54. The maximum absolute atomic E-state index is 2.92. The second-order valence-corrected chi connectivity index (χ2v) is 10.8. The molecule has 1 saturated carbocycles. The molecule has 0 radical (unpaired) electrons. The first-order chi connectivity index (χ1) is 8.80. The van der Waals surface area contributed by atoms with E-state index in [1.165, 1.54) is 56.3 Å². The van der Waals surface area contributed by atoms with Crippen LogP contribution in [0, 0.1) is 0 Å². The summed E-state index contributed by atoms with van der Waals surface area (Å²) < 4.78 is 2.92. The molecule has 1 aromatic rings. The molecule has 3 rings (SSSR count). The Labute approximate surface area is 112 Å². The molecule has 0 amide bonds. The number of para-hydroxylation sites is 1. The Morgan fingerprint density at radius 1 is 0.944 bits per heavy atom. The molecule has 18 heavy (non-hydrogen) atoms. The van der Waals surface area contributed by atoms with Crippen molar-refractivity contribution in [1.29, 1.82) is 0 Å². The monoisotopic (exact) mass is 259 g/mol. The van der Waals surface area contributed by atoms with E-state index in [0.717, 1.165) is 6.04 Å². The molecular weight excluding hydrogens is 234 g/mol. The van der Waals surface area contributed by atoms with E-state index in [2.05, 4.69) is 41.4 Å². The third kappa shape index (κ3) is 2.23. The molecule has 2 fully saturated rings. The highest BCUT2D eigenvalue weighted by Crippen LogP contribution is 2.40. The number of nitrogens with zero attached hydrogens (tertiary/aromatic N) is 1. The van der Waals surface area contributed by atoms with E-state index >= 15 is 0 Å². The molecule has 1 aliphatic heterocycles. The summed E-state index contributed by atoms with van der Waals surface area (Å²) in [6.07, 6.45) is 8.68. The molecule has 1 nitrogen and oxygen atoms in total. The van der Waals surface area contributed by atoms with Gasteiger partial charge in [0.25, 0.3) is 0 Å².